The molecule has 0 radical (unpaired) electrons. The lowest BCUT2D eigenvalue weighted by Gasteiger charge is -2.36. The molecule has 0 atom stereocenters. The molecule has 1 heterocycles. The average Bonchev–Trinajstić information content (AvgIpc) is 2.60. The zero-order chi connectivity index (χ0) is 17.7. The normalized spacial score (nSPS) is 15.5. The van der Waals surface area contributed by atoms with Crippen LogP contribution in [0.15, 0.2) is 30.3 Å². The Kier molecular flexibility index (Phi) is 5.79. The lowest BCUT2D eigenvalue weighted by molar-refractivity contribution is -0.130. The van der Waals surface area contributed by atoms with Gasteiger partial charge < -0.3 is 15.1 Å². The van der Waals surface area contributed by atoms with Gasteiger partial charge in [0.1, 0.15) is 0 Å². The predicted octanol–water partition coefficient (Wildman–Crippen LogP) is -0.0638. The summed E-state index contributed by atoms with van der Waals surface area (Å²) in [5.41, 5.74) is 1.11. The molecular formula is C15H22N4O4S. The fraction of sp³-hybridized carbons (Fsp3) is 0.467. The Morgan fingerprint density at radius 1 is 1.08 bits per heavy atom. The topological polar surface area (TPSA) is 90.0 Å². The van der Waals surface area contributed by atoms with Gasteiger partial charge in [0, 0.05) is 46.0 Å². The molecule has 1 fully saturated rings. The number of piperazine rings is 1. The Bertz CT molecular complexity index is 683. The number of benzene rings is 1. The van der Waals surface area contributed by atoms with E-state index >= 15 is 0 Å². The van der Waals surface area contributed by atoms with Crippen molar-refractivity contribution in [3.63, 3.8) is 0 Å². The van der Waals surface area contributed by atoms with Crippen molar-refractivity contribution in [1.82, 2.24) is 14.5 Å². The van der Waals surface area contributed by atoms with Crippen LogP contribution in [0.3, 0.4) is 0 Å². The van der Waals surface area contributed by atoms with E-state index in [9.17, 15) is 18.0 Å². The summed E-state index contributed by atoms with van der Waals surface area (Å²) in [6, 6.07) is 9.92. The number of anilines is 1. The fourth-order valence-corrected chi connectivity index (χ4v) is 2.96. The summed E-state index contributed by atoms with van der Waals surface area (Å²) < 4.78 is 24.0. The molecule has 9 heteroatoms. The minimum atomic E-state index is -4.04. The Labute approximate surface area is 142 Å². The summed E-state index contributed by atoms with van der Waals surface area (Å²) >= 11 is 0. The highest BCUT2D eigenvalue weighted by molar-refractivity contribution is 8.03. The minimum absolute atomic E-state index is 0.287. The van der Waals surface area contributed by atoms with Crippen LogP contribution in [0.5, 0.6) is 0 Å². The van der Waals surface area contributed by atoms with Gasteiger partial charge in [0.15, 0.2) is 0 Å². The molecular weight excluding hydrogens is 332 g/mol. The van der Waals surface area contributed by atoms with Crippen molar-refractivity contribution in [2.24, 2.45) is 0 Å². The number of carbonyl (C=O) groups excluding carboxylic acids is 2. The molecule has 2 amide bonds. The number of nitrogens with zero attached hydrogens (tertiary/aromatic N) is 3. The molecule has 0 unspecified atom stereocenters. The van der Waals surface area contributed by atoms with Crippen molar-refractivity contribution in [3.05, 3.63) is 30.3 Å². The first-order valence-electron chi connectivity index (χ1n) is 7.60. The molecule has 0 aliphatic carbocycles. The van der Waals surface area contributed by atoms with E-state index < -0.39 is 15.3 Å². The number of amides is 2. The number of hydrogen-bond acceptors (Lipinski definition) is 5. The summed E-state index contributed by atoms with van der Waals surface area (Å²) in [7, 11) is -1.52. The van der Waals surface area contributed by atoms with Crippen molar-refractivity contribution in [2.75, 3.05) is 51.7 Å². The number of nitrogens with one attached hydrogen (secondary N) is 1. The Balaban J connectivity index is 1.82. The van der Waals surface area contributed by atoms with Crippen molar-refractivity contribution in [3.8, 4) is 0 Å². The third-order valence-electron chi connectivity index (χ3n) is 3.85. The molecule has 1 N–H and O–H groups in total. The molecule has 1 aromatic rings. The predicted molar refractivity (Wildman–Crippen MR) is 91.2 cm³/mol. The number of hydrogen-bond donors (Lipinski definition) is 1. The second kappa shape index (κ2) is 7.63. The van der Waals surface area contributed by atoms with E-state index in [4.69, 9.17) is 0 Å². The van der Waals surface area contributed by atoms with Crippen LogP contribution < -0.4 is 10.2 Å². The van der Waals surface area contributed by atoms with Crippen LogP contribution in [-0.4, -0.2) is 75.6 Å². The monoisotopic (exact) mass is 354 g/mol. The Morgan fingerprint density at radius 3 is 2.21 bits per heavy atom. The summed E-state index contributed by atoms with van der Waals surface area (Å²) in [5.74, 6) is -0.287. The van der Waals surface area contributed by atoms with Gasteiger partial charge >= 0.3 is 5.24 Å². The SMILES string of the molecule is CN(C)S(=O)(=O)C(=O)NCC(=O)N1CCN(c2ccccc2)CC1. The van der Waals surface area contributed by atoms with Crippen molar-refractivity contribution in [1.29, 1.82) is 0 Å². The van der Waals surface area contributed by atoms with Crippen LogP contribution >= 0.6 is 0 Å². The zero-order valence-corrected chi connectivity index (χ0v) is 14.6. The minimum Gasteiger partial charge on any atom is -0.368 e. The highest BCUT2D eigenvalue weighted by Crippen LogP contribution is 2.15. The molecule has 1 aliphatic rings. The Hall–Kier alpha value is -2.13. The van der Waals surface area contributed by atoms with Gasteiger partial charge in [-0.3, -0.25) is 9.59 Å². The van der Waals surface area contributed by atoms with E-state index in [1.165, 1.54) is 14.1 Å². The largest absolute Gasteiger partial charge is 0.368 e. The fourth-order valence-electron chi connectivity index (χ4n) is 2.37. The van der Waals surface area contributed by atoms with Crippen LogP contribution in [-0.2, 0) is 14.8 Å². The van der Waals surface area contributed by atoms with E-state index in [0.717, 1.165) is 9.99 Å². The van der Waals surface area contributed by atoms with Crippen LogP contribution in [0.25, 0.3) is 0 Å². The first-order chi connectivity index (χ1) is 11.3. The second-order valence-corrected chi connectivity index (χ2v) is 7.68. The number of rotatable bonds is 4. The standard InChI is InChI=1S/C15H22N4O4S/c1-17(2)24(22,23)15(21)16-12-14(20)19-10-8-18(9-11-19)13-6-4-3-5-7-13/h3-7H,8-12H2,1-2H3,(H,16,21). The van der Waals surface area contributed by atoms with Crippen molar-refractivity contribution in [2.45, 2.75) is 0 Å². The average molecular weight is 354 g/mol. The van der Waals surface area contributed by atoms with E-state index in [1.54, 1.807) is 4.90 Å². The molecule has 2 rings (SSSR count). The molecule has 1 aliphatic heterocycles. The smallest absolute Gasteiger partial charge is 0.352 e. The number of carbonyl (C=O) groups is 2. The Morgan fingerprint density at radius 2 is 1.67 bits per heavy atom. The van der Waals surface area contributed by atoms with Gasteiger partial charge in [0.25, 0.3) is 10.0 Å². The first-order valence-corrected chi connectivity index (χ1v) is 9.04. The molecule has 0 spiro atoms. The summed E-state index contributed by atoms with van der Waals surface area (Å²) in [4.78, 5) is 27.5. The van der Waals surface area contributed by atoms with E-state index in [-0.39, 0.29) is 12.5 Å². The third-order valence-corrected chi connectivity index (χ3v) is 5.43. The van der Waals surface area contributed by atoms with E-state index in [1.807, 2.05) is 30.3 Å². The summed E-state index contributed by atoms with van der Waals surface area (Å²) in [5, 5.41) is 1.01. The summed E-state index contributed by atoms with van der Waals surface area (Å²) in [6.45, 7) is 2.13. The van der Waals surface area contributed by atoms with Crippen LogP contribution in [0.1, 0.15) is 0 Å². The quantitative estimate of drug-likeness (QED) is 0.818. The molecule has 0 bridgehead atoms. The maximum atomic E-state index is 12.1. The van der Waals surface area contributed by atoms with Gasteiger partial charge in [-0.1, -0.05) is 18.2 Å². The van der Waals surface area contributed by atoms with Crippen LogP contribution in [0.4, 0.5) is 10.5 Å². The van der Waals surface area contributed by atoms with Crippen molar-refractivity contribution < 1.29 is 18.0 Å². The highest BCUT2D eigenvalue weighted by Gasteiger charge is 2.27. The second-order valence-electron chi connectivity index (χ2n) is 5.63. The molecule has 24 heavy (non-hydrogen) atoms. The molecule has 8 nitrogen and oxygen atoms in total. The van der Waals surface area contributed by atoms with Gasteiger partial charge in [-0.15, -0.1) is 0 Å². The van der Waals surface area contributed by atoms with Gasteiger partial charge in [-0.05, 0) is 12.1 Å². The van der Waals surface area contributed by atoms with Gasteiger partial charge in [0.05, 0.1) is 6.54 Å². The van der Waals surface area contributed by atoms with Gasteiger partial charge in [-0.2, -0.15) is 4.31 Å². The lowest BCUT2D eigenvalue weighted by atomic mass is 10.2. The summed E-state index contributed by atoms with van der Waals surface area (Å²) in [6.07, 6.45) is 0. The maximum absolute atomic E-state index is 12.1. The van der Waals surface area contributed by atoms with Crippen molar-refractivity contribution >= 4 is 26.9 Å². The molecule has 0 aromatic heterocycles. The third kappa shape index (κ3) is 4.24. The maximum Gasteiger partial charge on any atom is 0.352 e. The van der Waals surface area contributed by atoms with Gasteiger partial charge in [0.2, 0.25) is 5.91 Å². The van der Waals surface area contributed by atoms with E-state index in [0.29, 0.717) is 26.2 Å². The van der Waals surface area contributed by atoms with Crippen LogP contribution in [0, 0.1) is 0 Å². The molecule has 132 valence electrons. The molecule has 0 saturated carbocycles. The molecule has 1 aromatic carbocycles. The van der Waals surface area contributed by atoms with Crippen LogP contribution in [0.2, 0.25) is 0 Å². The molecule has 1 saturated heterocycles. The number of para-hydroxylation sites is 1. The zero-order valence-electron chi connectivity index (χ0n) is 13.8. The van der Waals surface area contributed by atoms with E-state index in [2.05, 4.69) is 10.2 Å². The lowest BCUT2D eigenvalue weighted by Crippen LogP contribution is -2.51. The highest BCUT2D eigenvalue weighted by atomic mass is 32.2. The number of sulfonamides is 1. The van der Waals surface area contributed by atoms with Gasteiger partial charge in [-0.25, -0.2) is 8.42 Å². The first kappa shape index (κ1) is 18.2.